The van der Waals surface area contributed by atoms with Gasteiger partial charge in [-0.25, -0.2) is 18.7 Å². The maximum absolute atomic E-state index is 13.7. The lowest BCUT2D eigenvalue weighted by Gasteiger charge is -2.18. The number of nitriles is 2. The van der Waals surface area contributed by atoms with Gasteiger partial charge in [-0.15, -0.1) is 0 Å². The zero-order valence-electron chi connectivity index (χ0n) is 25.9. The lowest BCUT2D eigenvalue weighted by atomic mass is 9.90. The number of para-hydroxylation sites is 2. The Bertz CT molecular complexity index is 2130. The van der Waals surface area contributed by atoms with E-state index in [4.69, 9.17) is 15.1 Å². The van der Waals surface area contributed by atoms with Gasteiger partial charge in [0.2, 0.25) is 0 Å². The number of aromatic hydroxyl groups is 1. The van der Waals surface area contributed by atoms with Crippen molar-refractivity contribution in [2.24, 2.45) is 0 Å². The predicted molar refractivity (Wildman–Crippen MR) is 179 cm³/mol. The summed E-state index contributed by atoms with van der Waals surface area (Å²) in [6.45, 7) is 7.24. The summed E-state index contributed by atoms with van der Waals surface area (Å²) in [4.78, 5) is 16.3. The molecule has 47 heavy (non-hydrogen) atoms. The average molecular weight is 696 g/mol. The number of fused-ring (bicyclic) bond motifs is 2. The Kier molecular flexibility index (Phi) is 10.8. The normalized spacial score (nSPS) is 10.9. The van der Waals surface area contributed by atoms with E-state index >= 15 is 0 Å². The van der Waals surface area contributed by atoms with E-state index in [0.717, 1.165) is 10.2 Å². The van der Waals surface area contributed by atoms with Crippen molar-refractivity contribution in [1.82, 2.24) is 19.9 Å². The number of halogens is 3. The van der Waals surface area contributed by atoms with Crippen LogP contribution in [0.2, 0.25) is 0 Å². The second kappa shape index (κ2) is 14.7. The molecule has 0 amide bonds. The summed E-state index contributed by atoms with van der Waals surface area (Å²) in [7, 11) is 0. The highest BCUT2D eigenvalue weighted by atomic mass is 79.9. The van der Waals surface area contributed by atoms with E-state index in [-0.39, 0.29) is 22.9 Å². The number of nitrogens with zero attached hydrogens (tertiary/aromatic N) is 6. The number of aromatic nitrogens is 4. The monoisotopic (exact) mass is 694 g/mol. The van der Waals surface area contributed by atoms with E-state index in [2.05, 4.69) is 48.0 Å². The number of rotatable bonds is 4. The predicted octanol–water partition coefficient (Wildman–Crippen LogP) is 9.09. The SMILES string of the molecule is CC(C)(C#N)c1ncccc1Br.CC(C)(C#N)c1ncccc1Oc1cnc2c(F)cccc2c1.Oc1cnc2c(F)cccc2c1. The van der Waals surface area contributed by atoms with Crippen molar-refractivity contribution in [2.45, 2.75) is 38.5 Å². The third kappa shape index (κ3) is 8.40. The Morgan fingerprint density at radius 3 is 1.83 bits per heavy atom. The fraction of sp³-hybridized carbons (Fsp3) is 0.167. The van der Waals surface area contributed by atoms with Crippen molar-refractivity contribution in [3.8, 4) is 29.4 Å². The van der Waals surface area contributed by atoms with Gasteiger partial charge in [0.05, 0.1) is 41.1 Å². The maximum atomic E-state index is 13.7. The summed E-state index contributed by atoms with van der Waals surface area (Å²) >= 11 is 3.36. The summed E-state index contributed by atoms with van der Waals surface area (Å²) in [6.07, 6.45) is 6.00. The molecule has 0 atom stereocenters. The van der Waals surface area contributed by atoms with Gasteiger partial charge in [-0.1, -0.05) is 24.3 Å². The van der Waals surface area contributed by atoms with Gasteiger partial charge in [0.15, 0.2) is 5.75 Å². The smallest absolute Gasteiger partial charge is 0.150 e. The van der Waals surface area contributed by atoms with Gasteiger partial charge in [-0.3, -0.25) is 9.97 Å². The minimum Gasteiger partial charge on any atom is -0.506 e. The summed E-state index contributed by atoms with van der Waals surface area (Å²) in [5.41, 5.74) is 0.598. The van der Waals surface area contributed by atoms with Crippen LogP contribution in [-0.2, 0) is 10.8 Å². The summed E-state index contributed by atoms with van der Waals surface area (Å²) in [6, 6.07) is 24.2. The molecule has 0 saturated heterocycles. The van der Waals surface area contributed by atoms with Crippen molar-refractivity contribution >= 4 is 37.7 Å². The van der Waals surface area contributed by atoms with Crippen LogP contribution in [0.15, 0.2) is 102 Å². The van der Waals surface area contributed by atoms with Gasteiger partial charge in [-0.05, 0) is 92.2 Å². The summed E-state index contributed by atoms with van der Waals surface area (Å²) in [5, 5.41) is 28.5. The van der Waals surface area contributed by atoms with Gasteiger partial charge >= 0.3 is 0 Å². The first-order valence-corrected chi connectivity index (χ1v) is 15.0. The third-order valence-electron chi connectivity index (χ3n) is 6.78. The minimum absolute atomic E-state index is 0.0492. The largest absolute Gasteiger partial charge is 0.506 e. The quantitative estimate of drug-likeness (QED) is 0.193. The molecular weight excluding hydrogens is 666 g/mol. The molecule has 6 rings (SSSR count). The molecule has 2 aromatic carbocycles. The van der Waals surface area contributed by atoms with Crippen LogP contribution >= 0.6 is 15.9 Å². The van der Waals surface area contributed by atoms with Crippen LogP contribution in [0.3, 0.4) is 0 Å². The van der Waals surface area contributed by atoms with Crippen molar-refractivity contribution in [3.63, 3.8) is 0 Å². The number of benzene rings is 2. The molecule has 8 nitrogen and oxygen atoms in total. The van der Waals surface area contributed by atoms with Crippen molar-refractivity contribution < 1.29 is 18.6 Å². The molecule has 4 heterocycles. The Morgan fingerprint density at radius 1 is 0.702 bits per heavy atom. The molecule has 0 radical (unpaired) electrons. The lowest BCUT2D eigenvalue weighted by molar-refractivity contribution is 0.458. The van der Waals surface area contributed by atoms with Gasteiger partial charge in [-0.2, -0.15) is 10.5 Å². The molecule has 4 aromatic heterocycles. The van der Waals surface area contributed by atoms with Gasteiger partial charge in [0.1, 0.15) is 39.9 Å². The Morgan fingerprint density at radius 2 is 1.23 bits per heavy atom. The van der Waals surface area contributed by atoms with E-state index in [1.807, 2.05) is 26.0 Å². The Balaban J connectivity index is 0.000000176. The van der Waals surface area contributed by atoms with Crippen LogP contribution in [0.25, 0.3) is 21.8 Å². The molecule has 0 saturated carbocycles. The van der Waals surface area contributed by atoms with Crippen LogP contribution in [0.4, 0.5) is 8.78 Å². The van der Waals surface area contributed by atoms with E-state index in [1.54, 1.807) is 68.7 Å². The van der Waals surface area contributed by atoms with E-state index < -0.39 is 10.8 Å². The molecule has 0 aliphatic carbocycles. The first-order chi connectivity index (χ1) is 22.4. The third-order valence-corrected chi connectivity index (χ3v) is 7.42. The molecule has 0 aliphatic rings. The molecule has 236 valence electrons. The van der Waals surface area contributed by atoms with E-state index in [0.29, 0.717) is 33.5 Å². The molecular formula is C36H29BrF2N6O2. The molecule has 0 bridgehead atoms. The van der Waals surface area contributed by atoms with Gasteiger partial charge < -0.3 is 9.84 Å². The van der Waals surface area contributed by atoms with Crippen LogP contribution in [0.1, 0.15) is 39.1 Å². The number of hydrogen-bond donors (Lipinski definition) is 1. The molecule has 0 unspecified atom stereocenters. The lowest BCUT2D eigenvalue weighted by Crippen LogP contribution is -2.17. The molecule has 0 aliphatic heterocycles. The van der Waals surface area contributed by atoms with Crippen LogP contribution in [0.5, 0.6) is 17.2 Å². The van der Waals surface area contributed by atoms with Crippen molar-refractivity contribution in [2.75, 3.05) is 0 Å². The highest BCUT2D eigenvalue weighted by Gasteiger charge is 2.26. The molecule has 6 aromatic rings. The summed E-state index contributed by atoms with van der Waals surface area (Å²) < 4.78 is 33.4. The molecule has 0 spiro atoms. The molecule has 11 heteroatoms. The summed E-state index contributed by atoms with van der Waals surface area (Å²) in [5.74, 6) is 0.255. The fourth-order valence-corrected chi connectivity index (χ4v) is 5.04. The first-order valence-electron chi connectivity index (χ1n) is 14.2. The zero-order chi connectivity index (χ0) is 34.2. The van der Waals surface area contributed by atoms with Gasteiger partial charge in [0, 0.05) is 27.6 Å². The number of pyridine rings is 4. The topological polar surface area (TPSA) is 129 Å². The number of ether oxygens (including phenoxy) is 1. The van der Waals surface area contributed by atoms with Crippen LogP contribution in [0, 0.1) is 34.3 Å². The standard InChI is InChI=1S/C18H14FN3O.C9H9BrN2.C9H6FNO/c1-18(2,11-20)17-15(7-4-8-21-17)23-13-9-12-5-3-6-14(19)16(12)22-10-13;1-9(2,6-11)8-7(10)4-3-5-12-8;10-8-3-1-2-6-4-7(12)5-11-9(6)8/h3-10H,1-2H3;3-5H,1-2H3;1-5,12H. The Hall–Kier alpha value is -5.52. The molecule has 0 fully saturated rings. The zero-order valence-corrected chi connectivity index (χ0v) is 27.5. The fourth-order valence-electron chi connectivity index (χ4n) is 4.29. The Labute approximate surface area is 279 Å². The highest BCUT2D eigenvalue weighted by molar-refractivity contribution is 9.10. The van der Waals surface area contributed by atoms with E-state index in [1.165, 1.54) is 30.6 Å². The second-order valence-corrected chi connectivity index (χ2v) is 12.1. The molecule has 1 N–H and O–H groups in total. The second-order valence-electron chi connectivity index (χ2n) is 11.2. The number of hydrogen-bond acceptors (Lipinski definition) is 8. The van der Waals surface area contributed by atoms with Crippen LogP contribution < -0.4 is 4.74 Å². The average Bonchev–Trinajstić information content (AvgIpc) is 3.06. The highest BCUT2D eigenvalue weighted by Crippen LogP contribution is 2.33. The van der Waals surface area contributed by atoms with Crippen molar-refractivity contribution in [1.29, 1.82) is 10.5 Å². The first kappa shape index (κ1) is 34.4. The minimum atomic E-state index is -0.785. The van der Waals surface area contributed by atoms with E-state index in [9.17, 15) is 14.0 Å². The van der Waals surface area contributed by atoms with Gasteiger partial charge in [0.25, 0.3) is 0 Å². The maximum Gasteiger partial charge on any atom is 0.150 e. The van der Waals surface area contributed by atoms with Crippen LogP contribution in [-0.4, -0.2) is 25.0 Å². The van der Waals surface area contributed by atoms with Crippen molar-refractivity contribution in [3.05, 3.63) is 125 Å².